The third kappa shape index (κ3) is 4.45. The summed E-state index contributed by atoms with van der Waals surface area (Å²) in [6, 6.07) is 0. The molecule has 5 nitrogen and oxygen atoms in total. The number of ether oxygens (including phenoxy) is 1. The maximum absolute atomic E-state index is 12.2. The van der Waals surface area contributed by atoms with Crippen LogP contribution in [0.3, 0.4) is 0 Å². The lowest BCUT2D eigenvalue weighted by atomic mass is 10.2. The summed E-state index contributed by atoms with van der Waals surface area (Å²) in [7, 11) is 0. The number of morpholine rings is 1. The van der Waals surface area contributed by atoms with E-state index in [-0.39, 0.29) is 12.6 Å². The van der Waals surface area contributed by atoms with E-state index >= 15 is 0 Å². The Hall–Kier alpha value is -1.15. The van der Waals surface area contributed by atoms with Crippen molar-refractivity contribution in [2.75, 3.05) is 26.2 Å². The molecule has 1 aromatic heterocycles. The summed E-state index contributed by atoms with van der Waals surface area (Å²) in [5.41, 5.74) is 0. The molecule has 1 aliphatic rings. The second kappa shape index (κ2) is 6.53. The van der Waals surface area contributed by atoms with Gasteiger partial charge in [-0.15, -0.1) is 0 Å². The van der Waals surface area contributed by atoms with E-state index in [9.17, 15) is 13.2 Å². The molecular formula is C12H19F3N4O. The number of hydrogen-bond acceptors (Lipinski definition) is 4. The number of nitrogens with zero attached hydrogens (tertiary/aromatic N) is 3. The number of rotatable bonds is 5. The number of hydrogen-bond donors (Lipinski definition) is 1. The zero-order valence-corrected chi connectivity index (χ0v) is 11.4. The van der Waals surface area contributed by atoms with E-state index < -0.39 is 12.6 Å². The highest BCUT2D eigenvalue weighted by Gasteiger charge is 2.30. The van der Waals surface area contributed by atoms with Gasteiger partial charge in [0, 0.05) is 26.1 Å². The van der Waals surface area contributed by atoms with Crippen LogP contribution in [0.15, 0.2) is 0 Å². The van der Waals surface area contributed by atoms with Crippen LogP contribution in [0.25, 0.3) is 0 Å². The van der Waals surface area contributed by atoms with Gasteiger partial charge in [0.25, 0.3) is 0 Å². The van der Waals surface area contributed by atoms with Crippen LogP contribution in [0.2, 0.25) is 0 Å². The van der Waals surface area contributed by atoms with Crippen LogP contribution in [0, 0.1) is 0 Å². The Morgan fingerprint density at radius 2 is 2.25 bits per heavy atom. The van der Waals surface area contributed by atoms with E-state index in [0.29, 0.717) is 25.5 Å². The Bertz CT molecular complexity index is 421. The second-order valence-electron chi connectivity index (χ2n) is 4.92. The Kier molecular flexibility index (Phi) is 4.98. The molecule has 0 aliphatic carbocycles. The monoisotopic (exact) mass is 292 g/mol. The van der Waals surface area contributed by atoms with E-state index in [0.717, 1.165) is 18.7 Å². The average Bonchev–Trinajstić information content (AvgIpc) is 2.85. The van der Waals surface area contributed by atoms with E-state index in [4.69, 9.17) is 4.74 Å². The average molecular weight is 292 g/mol. The Morgan fingerprint density at radius 3 is 2.95 bits per heavy atom. The highest BCUT2D eigenvalue weighted by Crippen LogP contribution is 2.23. The van der Waals surface area contributed by atoms with Gasteiger partial charge in [-0.1, -0.05) is 6.92 Å². The third-order valence-corrected chi connectivity index (χ3v) is 3.19. The molecule has 0 bridgehead atoms. The topological polar surface area (TPSA) is 54.0 Å². The zero-order chi connectivity index (χ0) is 14.6. The third-order valence-electron chi connectivity index (χ3n) is 3.19. The number of alkyl halides is 3. The van der Waals surface area contributed by atoms with Crippen LogP contribution < -0.4 is 0 Å². The first kappa shape index (κ1) is 15.2. The number of H-pyrrole nitrogens is 1. The van der Waals surface area contributed by atoms with Crippen LogP contribution in [-0.2, 0) is 11.2 Å². The molecule has 1 atom stereocenters. The number of nitrogens with one attached hydrogen (secondary N) is 1. The number of aromatic amines is 1. The quantitative estimate of drug-likeness (QED) is 0.903. The summed E-state index contributed by atoms with van der Waals surface area (Å²) >= 11 is 0. The Morgan fingerprint density at radius 1 is 1.45 bits per heavy atom. The van der Waals surface area contributed by atoms with Gasteiger partial charge in [0.15, 0.2) is 5.82 Å². The molecule has 1 aliphatic heterocycles. The molecule has 0 saturated carbocycles. The van der Waals surface area contributed by atoms with Crippen molar-refractivity contribution in [2.45, 2.75) is 38.5 Å². The molecule has 114 valence electrons. The van der Waals surface area contributed by atoms with Gasteiger partial charge in [-0.25, -0.2) is 4.98 Å². The number of aromatic nitrogens is 3. The van der Waals surface area contributed by atoms with Crippen molar-refractivity contribution in [3.8, 4) is 0 Å². The molecule has 0 aromatic carbocycles. The Labute approximate surface area is 115 Å². The fourth-order valence-electron chi connectivity index (χ4n) is 2.15. The van der Waals surface area contributed by atoms with Gasteiger partial charge in [0.05, 0.1) is 13.0 Å². The van der Waals surface area contributed by atoms with Crippen molar-refractivity contribution < 1.29 is 17.9 Å². The summed E-state index contributed by atoms with van der Waals surface area (Å²) in [6.07, 6.45) is -3.50. The highest BCUT2D eigenvalue weighted by atomic mass is 19.4. The smallest absolute Gasteiger partial charge is 0.367 e. The predicted molar refractivity (Wildman–Crippen MR) is 66.2 cm³/mol. The first-order valence-electron chi connectivity index (χ1n) is 6.80. The van der Waals surface area contributed by atoms with Crippen LogP contribution in [0.5, 0.6) is 0 Å². The maximum atomic E-state index is 12.2. The molecular weight excluding hydrogens is 273 g/mol. The summed E-state index contributed by atoms with van der Waals surface area (Å²) in [5.74, 6) is 1.32. The van der Waals surface area contributed by atoms with Crippen LogP contribution in [0.1, 0.15) is 37.5 Å². The molecule has 8 heteroatoms. The van der Waals surface area contributed by atoms with Gasteiger partial charge in [-0.05, 0) is 6.42 Å². The van der Waals surface area contributed by atoms with Crippen LogP contribution in [-0.4, -0.2) is 52.5 Å². The van der Waals surface area contributed by atoms with Crippen molar-refractivity contribution in [2.24, 2.45) is 0 Å². The minimum atomic E-state index is -4.12. The lowest BCUT2D eigenvalue weighted by Crippen LogP contribution is -2.40. The molecule has 0 unspecified atom stereocenters. The SMILES string of the molecule is CCCc1nc([C@@H]2CN(CCC(F)(F)F)CCO2)n[nH]1. The first-order valence-corrected chi connectivity index (χ1v) is 6.80. The molecule has 0 radical (unpaired) electrons. The minimum Gasteiger partial charge on any atom is -0.367 e. The lowest BCUT2D eigenvalue weighted by Gasteiger charge is -2.31. The number of halogens is 3. The second-order valence-corrected chi connectivity index (χ2v) is 4.92. The highest BCUT2D eigenvalue weighted by molar-refractivity contribution is 4.96. The summed E-state index contributed by atoms with van der Waals surface area (Å²) in [6.45, 7) is 3.35. The molecule has 1 saturated heterocycles. The van der Waals surface area contributed by atoms with E-state index in [2.05, 4.69) is 15.2 Å². The Balaban J connectivity index is 1.89. The van der Waals surface area contributed by atoms with Crippen molar-refractivity contribution >= 4 is 0 Å². The first-order chi connectivity index (χ1) is 9.48. The maximum Gasteiger partial charge on any atom is 0.390 e. The van der Waals surface area contributed by atoms with Gasteiger partial charge < -0.3 is 4.74 Å². The van der Waals surface area contributed by atoms with Crippen molar-refractivity contribution in [3.05, 3.63) is 11.6 Å². The predicted octanol–water partition coefficient (Wildman–Crippen LogP) is 2.08. The van der Waals surface area contributed by atoms with Crippen molar-refractivity contribution in [3.63, 3.8) is 0 Å². The van der Waals surface area contributed by atoms with Gasteiger partial charge in [0.2, 0.25) is 0 Å². The van der Waals surface area contributed by atoms with Gasteiger partial charge in [-0.2, -0.15) is 18.3 Å². The number of aryl methyl sites for hydroxylation is 1. The van der Waals surface area contributed by atoms with E-state index in [1.54, 1.807) is 4.90 Å². The molecule has 1 aromatic rings. The van der Waals surface area contributed by atoms with E-state index in [1.165, 1.54) is 0 Å². The minimum absolute atomic E-state index is 0.00437. The fourth-order valence-corrected chi connectivity index (χ4v) is 2.15. The van der Waals surface area contributed by atoms with Gasteiger partial charge >= 0.3 is 6.18 Å². The van der Waals surface area contributed by atoms with E-state index in [1.807, 2.05) is 6.92 Å². The summed E-state index contributed by atoms with van der Waals surface area (Å²) in [4.78, 5) is 6.07. The zero-order valence-electron chi connectivity index (χ0n) is 11.4. The standard InChI is InChI=1S/C12H19F3N4O/c1-2-3-10-16-11(18-17-10)9-8-19(6-7-20-9)5-4-12(13,14)15/h9H,2-8H2,1H3,(H,16,17,18)/t9-/m0/s1. The van der Waals surface area contributed by atoms with Crippen LogP contribution in [0.4, 0.5) is 13.2 Å². The summed E-state index contributed by atoms with van der Waals surface area (Å²) < 4.78 is 42.2. The van der Waals surface area contributed by atoms with Crippen molar-refractivity contribution in [1.29, 1.82) is 0 Å². The largest absolute Gasteiger partial charge is 0.390 e. The summed E-state index contributed by atoms with van der Waals surface area (Å²) in [5, 5.41) is 6.93. The fraction of sp³-hybridized carbons (Fsp3) is 0.833. The van der Waals surface area contributed by atoms with Gasteiger partial charge in [0.1, 0.15) is 11.9 Å². The van der Waals surface area contributed by atoms with Crippen LogP contribution >= 0.6 is 0 Å². The van der Waals surface area contributed by atoms with Gasteiger partial charge in [-0.3, -0.25) is 10.00 Å². The molecule has 1 N–H and O–H groups in total. The molecule has 2 rings (SSSR count). The molecule has 2 heterocycles. The molecule has 1 fully saturated rings. The van der Waals surface area contributed by atoms with Crippen molar-refractivity contribution in [1.82, 2.24) is 20.1 Å². The molecule has 0 spiro atoms. The molecule has 0 amide bonds. The lowest BCUT2D eigenvalue weighted by molar-refractivity contribution is -0.142. The molecule has 20 heavy (non-hydrogen) atoms. The normalized spacial score (nSPS) is 21.3.